The maximum absolute atomic E-state index is 12.8. The van der Waals surface area contributed by atoms with Crippen molar-refractivity contribution in [3.05, 3.63) is 33.2 Å². The summed E-state index contributed by atoms with van der Waals surface area (Å²) in [5.74, 6) is -2.45. The van der Waals surface area contributed by atoms with Gasteiger partial charge in [0.05, 0.1) is 5.92 Å². The van der Waals surface area contributed by atoms with E-state index in [9.17, 15) is 22.8 Å². The summed E-state index contributed by atoms with van der Waals surface area (Å²) in [5, 5.41) is 2.62. The van der Waals surface area contributed by atoms with Crippen molar-refractivity contribution in [2.75, 3.05) is 0 Å². The topological polar surface area (TPSA) is 62.0 Å². The third kappa shape index (κ3) is 4.36. The molecule has 128 valence electrons. The van der Waals surface area contributed by atoms with Crippen LogP contribution in [-0.2, 0) is 11.3 Å². The maximum atomic E-state index is 12.8. The number of aryl methyl sites for hydroxylation is 2. The second-order valence-electron chi connectivity index (χ2n) is 6.26. The summed E-state index contributed by atoms with van der Waals surface area (Å²) in [5.41, 5.74) is 1.64. The number of rotatable bonds is 3. The molecule has 0 saturated heterocycles. The first-order valence-electron chi connectivity index (χ1n) is 7.72. The first-order chi connectivity index (χ1) is 10.7. The lowest BCUT2D eigenvalue weighted by Gasteiger charge is -2.29. The molecule has 4 nitrogen and oxygen atoms in total. The Labute approximate surface area is 132 Å². The van der Waals surface area contributed by atoms with E-state index in [0.29, 0.717) is 18.4 Å². The van der Waals surface area contributed by atoms with Gasteiger partial charge in [-0.25, -0.2) is 0 Å². The molecule has 1 aromatic heterocycles. The molecule has 0 unspecified atom stereocenters. The van der Waals surface area contributed by atoms with Crippen LogP contribution >= 0.6 is 0 Å². The van der Waals surface area contributed by atoms with Crippen molar-refractivity contribution in [1.29, 1.82) is 0 Å². The van der Waals surface area contributed by atoms with Crippen LogP contribution in [0.15, 0.2) is 10.9 Å². The molecule has 0 spiro atoms. The molecule has 1 heterocycles. The van der Waals surface area contributed by atoms with Gasteiger partial charge in [-0.2, -0.15) is 13.2 Å². The van der Waals surface area contributed by atoms with E-state index in [1.165, 1.54) is 0 Å². The summed E-state index contributed by atoms with van der Waals surface area (Å²) in [4.78, 5) is 26.7. The Morgan fingerprint density at radius 1 is 1.35 bits per heavy atom. The molecule has 2 N–H and O–H groups in total. The van der Waals surface area contributed by atoms with E-state index >= 15 is 0 Å². The molecule has 0 radical (unpaired) electrons. The average Bonchev–Trinajstić information content (AvgIpc) is 2.45. The van der Waals surface area contributed by atoms with E-state index < -0.39 is 23.9 Å². The third-order valence-electron chi connectivity index (χ3n) is 4.44. The van der Waals surface area contributed by atoms with Gasteiger partial charge in [0, 0.05) is 23.7 Å². The number of nitrogens with one attached hydrogen (secondary N) is 2. The molecule has 1 aliphatic carbocycles. The van der Waals surface area contributed by atoms with Gasteiger partial charge in [-0.05, 0) is 44.7 Å². The van der Waals surface area contributed by atoms with Crippen molar-refractivity contribution < 1.29 is 18.0 Å². The monoisotopic (exact) mass is 330 g/mol. The SMILES string of the molecule is Cc1cc(C)c(CNC(=O)[C@@H]2CCC[C@@H](C(F)(F)F)C2)c(=O)[nH]1. The Hall–Kier alpha value is -1.79. The van der Waals surface area contributed by atoms with E-state index in [4.69, 9.17) is 0 Å². The van der Waals surface area contributed by atoms with Crippen molar-refractivity contribution in [1.82, 2.24) is 10.3 Å². The summed E-state index contributed by atoms with van der Waals surface area (Å²) in [7, 11) is 0. The van der Waals surface area contributed by atoms with E-state index in [0.717, 1.165) is 11.3 Å². The van der Waals surface area contributed by atoms with Gasteiger partial charge in [-0.1, -0.05) is 6.42 Å². The van der Waals surface area contributed by atoms with E-state index in [2.05, 4.69) is 10.3 Å². The predicted octanol–water partition coefficient (Wildman–Crippen LogP) is 2.98. The highest BCUT2D eigenvalue weighted by Gasteiger charge is 2.43. The summed E-state index contributed by atoms with van der Waals surface area (Å²) >= 11 is 0. The lowest BCUT2D eigenvalue weighted by Crippen LogP contribution is -2.38. The molecule has 0 aromatic carbocycles. The fourth-order valence-corrected chi connectivity index (χ4v) is 3.15. The Bertz CT molecular complexity index is 637. The average molecular weight is 330 g/mol. The number of halogens is 3. The van der Waals surface area contributed by atoms with E-state index in [1.54, 1.807) is 19.9 Å². The first kappa shape index (κ1) is 17.6. The lowest BCUT2D eigenvalue weighted by molar-refractivity contribution is -0.186. The maximum Gasteiger partial charge on any atom is 0.391 e. The van der Waals surface area contributed by atoms with E-state index in [-0.39, 0.29) is 24.9 Å². The lowest BCUT2D eigenvalue weighted by atomic mass is 9.80. The number of H-pyrrole nitrogens is 1. The molecule has 2 rings (SSSR count). The first-order valence-corrected chi connectivity index (χ1v) is 7.72. The summed E-state index contributed by atoms with van der Waals surface area (Å²) in [6.07, 6.45) is -3.47. The van der Waals surface area contributed by atoms with Crippen LogP contribution in [0.1, 0.15) is 42.5 Å². The number of hydrogen-bond acceptors (Lipinski definition) is 2. The standard InChI is InChI=1S/C16H21F3N2O2/c1-9-6-10(2)21-15(23)13(9)8-20-14(22)11-4-3-5-12(7-11)16(17,18)19/h6,11-12H,3-5,7-8H2,1-2H3,(H,20,22)(H,21,23)/t11-,12-/m1/s1. The Kier molecular flexibility index (Phi) is 5.16. The van der Waals surface area contributed by atoms with Crippen LogP contribution in [0.5, 0.6) is 0 Å². The molecule has 0 bridgehead atoms. The van der Waals surface area contributed by atoms with Crippen LogP contribution < -0.4 is 10.9 Å². The zero-order valence-corrected chi connectivity index (χ0v) is 13.2. The molecule has 2 atom stereocenters. The number of amides is 1. The number of aromatic amines is 1. The molecule has 1 saturated carbocycles. The van der Waals surface area contributed by atoms with Gasteiger partial charge in [-0.15, -0.1) is 0 Å². The molecule has 1 aromatic rings. The number of pyridine rings is 1. The minimum Gasteiger partial charge on any atom is -0.352 e. The molecule has 23 heavy (non-hydrogen) atoms. The normalized spacial score (nSPS) is 22.0. The van der Waals surface area contributed by atoms with Gasteiger partial charge in [0.2, 0.25) is 5.91 Å². The van der Waals surface area contributed by atoms with Crippen LogP contribution in [0, 0.1) is 25.7 Å². The van der Waals surface area contributed by atoms with Crippen molar-refractivity contribution in [3.63, 3.8) is 0 Å². The van der Waals surface area contributed by atoms with Crippen molar-refractivity contribution in [3.8, 4) is 0 Å². The largest absolute Gasteiger partial charge is 0.391 e. The van der Waals surface area contributed by atoms with Crippen molar-refractivity contribution >= 4 is 5.91 Å². The highest BCUT2D eigenvalue weighted by molar-refractivity contribution is 5.78. The van der Waals surface area contributed by atoms with Crippen LogP contribution in [0.2, 0.25) is 0 Å². The van der Waals surface area contributed by atoms with Crippen molar-refractivity contribution in [2.24, 2.45) is 11.8 Å². The second-order valence-corrected chi connectivity index (χ2v) is 6.26. The minimum absolute atomic E-state index is 0.0352. The molecule has 1 aliphatic rings. The molecular weight excluding hydrogens is 309 g/mol. The molecule has 0 aliphatic heterocycles. The van der Waals surface area contributed by atoms with Crippen LogP contribution in [0.25, 0.3) is 0 Å². The van der Waals surface area contributed by atoms with Crippen molar-refractivity contribution in [2.45, 2.75) is 52.3 Å². The minimum atomic E-state index is -4.25. The number of carbonyl (C=O) groups is 1. The quantitative estimate of drug-likeness (QED) is 0.895. The summed E-state index contributed by atoms with van der Waals surface area (Å²) < 4.78 is 38.4. The Balaban J connectivity index is 1.99. The van der Waals surface area contributed by atoms with Crippen LogP contribution in [0.3, 0.4) is 0 Å². The van der Waals surface area contributed by atoms with Crippen LogP contribution in [0.4, 0.5) is 13.2 Å². The van der Waals surface area contributed by atoms with Gasteiger partial charge < -0.3 is 10.3 Å². The molecule has 1 amide bonds. The Morgan fingerprint density at radius 3 is 2.65 bits per heavy atom. The highest BCUT2D eigenvalue weighted by Crippen LogP contribution is 2.39. The number of aromatic nitrogens is 1. The van der Waals surface area contributed by atoms with Gasteiger partial charge >= 0.3 is 6.18 Å². The Morgan fingerprint density at radius 2 is 2.04 bits per heavy atom. The molecular formula is C16H21F3N2O2. The number of carbonyl (C=O) groups excluding carboxylic acids is 1. The fraction of sp³-hybridized carbons (Fsp3) is 0.625. The summed E-state index contributed by atoms with van der Waals surface area (Å²) in [6.45, 7) is 3.56. The van der Waals surface area contributed by atoms with E-state index in [1.807, 2.05) is 0 Å². The summed E-state index contributed by atoms with van der Waals surface area (Å²) in [6, 6.07) is 1.79. The van der Waals surface area contributed by atoms with Crippen LogP contribution in [-0.4, -0.2) is 17.1 Å². The zero-order valence-electron chi connectivity index (χ0n) is 13.2. The smallest absolute Gasteiger partial charge is 0.352 e. The van der Waals surface area contributed by atoms with Gasteiger partial charge in [0.1, 0.15) is 0 Å². The highest BCUT2D eigenvalue weighted by atomic mass is 19.4. The number of alkyl halides is 3. The predicted molar refractivity (Wildman–Crippen MR) is 79.9 cm³/mol. The van der Waals surface area contributed by atoms with Gasteiger partial charge in [0.15, 0.2) is 0 Å². The fourth-order valence-electron chi connectivity index (χ4n) is 3.15. The second kappa shape index (κ2) is 6.76. The number of hydrogen-bond donors (Lipinski definition) is 2. The van der Waals surface area contributed by atoms with Gasteiger partial charge in [0.25, 0.3) is 5.56 Å². The zero-order chi connectivity index (χ0) is 17.2. The molecule has 1 fully saturated rings. The third-order valence-corrected chi connectivity index (χ3v) is 4.44. The van der Waals surface area contributed by atoms with Gasteiger partial charge in [-0.3, -0.25) is 9.59 Å². The molecule has 7 heteroatoms.